The number of thioether (sulfide) groups is 1. The topological polar surface area (TPSA) is 46.1 Å². The van der Waals surface area contributed by atoms with Crippen LogP contribution in [-0.2, 0) is 10.2 Å². The summed E-state index contributed by atoms with van der Waals surface area (Å²) in [5.74, 6) is 1.35. The first-order valence-electron chi connectivity index (χ1n) is 8.82. The number of hydrogen-bond acceptors (Lipinski definition) is 4. The summed E-state index contributed by atoms with van der Waals surface area (Å²) in [6, 6.07) is 8.40. The van der Waals surface area contributed by atoms with E-state index >= 15 is 0 Å². The number of hydrogen-bond donors (Lipinski definition) is 0. The Labute approximate surface area is 155 Å². The molecule has 0 bridgehead atoms. The highest BCUT2D eigenvalue weighted by atomic mass is 32.2. The second-order valence-corrected chi connectivity index (χ2v) is 8.86. The van der Waals surface area contributed by atoms with Gasteiger partial charge in [-0.25, -0.2) is 9.97 Å². The Morgan fingerprint density at radius 1 is 1.08 bits per heavy atom. The predicted octanol–water partition coefficient (Wildman–Crippen LogP) is 4.66. The molecule has 0 aliphatic carbocycles. The van der Waals surface area contributed by atoms with Crippen LogP contribution < -0.4 is 0 Å². The van der Waals surface area contributed by atoms with Gasteiger partial charge in [-0.1, -0.05) is 50.7 Å². The number of fused-ring (bicyclic) bond motifs is 1. The van der Waals surface area contributed by atoms with Gasteiger partial charge in [0.05, 0.1) is 11.3 Å². The van der Waals surface area contributed by atoms with E-state index in [-0.39, 0.29) is 23.4 Å². The lowest BCUT2D eigenvalue weighted by Crippen LogP contribution is -2.43. The summed E-state index contributed by atoms with van der Waals surface area (Å²) in [6.45, 7) is 14.5. The van der Waals surface area contributed by atoms with Gasteiger partial charge in [0.2, 0.25) is 5.91 Å². The summed E-state index contributed by atoms with van der Waals surface area (Å²) >= 11 is 1.51. The van der Waals surface area contributed by atoms with Gasteiger partial charge in [0, 0.05) is 22.9 Å². The van der Waals surface area contributed by atoms with Crippen molar-refractivity contribution >= 4 is 28.6 Å². The average molecular weight is 360 g/mol. The molecule has 136 valence electrons. The van der Waals surface area contributed by atoms with Gasteiger partial charge in [0.25, 0.3) is 0 Å². The van der Waals surface area contributed by atoms with Gasteiger partial charge >= 0.3 is 0 Å². The number of amides is 1. The molecule has 25 heavy (non-hydrogen) atoms. The third-order valence-corrected chi connectivity index (χ3v) is 4.95. The fourth-order valence-electron chi connectivity index (χ4n) is 2.87. The van der Waals surface area contributed by atoms with Crippen LogP contribution in [0.15, 0.2) is 29.3 Å². The first-order chi connectivity index (χ1) is 11.6. The lowest BCUT2D eigenvalue weighted by molar-refractivity contribution is -0.131. The molecular formula is C20H29N3OS. The van der Waals surface area contributed by atoms with E-state index in [9.17, 15) is 4.79 Å². The maximum absolute atomic E-state index is 12.7. The van der Waals surface area contributed by atoms with Crippen LogP contribution in [0, 0.1) is 0 Å². The summed E-state index contributed by atoms with van der Waals surface area (Å²) in [5.41, 5.74) is 0.799. The molecule has 5 heteroatoms. The minimum absolute atomic E-state index is 0.134. The van der Waals surface area contributed by atoms with Crippen LogP contribution in [0.25, 0.3) is 10.9 Å². The number of rotatable bonds is 5. The lowest BCUT2D eigenvalue weighted by Gasteiger charge is -2.30. The zero-order valence-electron chi connectivity index (χ0n) is 16.3. The van der Waals surface area contributed by atoms with Crippen molar-refractivity contribution in [3.63, 3.8) is 0 Å². The van der Waals surface area contributed by atoms with E-state index < -0.39 is 0 Å². The second kappa shape index (κ2) is 7.73. The minimum Gasteiger partial charge on any atom is -0.337 e. The van der Waals surface area contributed by atoms with Gasteiger partial charge in [-0.05, 0) is 33.8 Å². The van der Waals surface area contributed by atoms with Gasteiger partial charge in [-0.3, -0.25) is 4.79 Å². The Morgan fingerprint density at radius 3 is 2.24 bits per heavy atom. The Hall–Kier alpha value is -1.62. The fourth-order valence-corrected chi connectivity index (χ4v) is 3.76. The van der Waals surface area contributed by atoms with Crippen molar-refractivity contribution in [3.8, 4) is 0 Å². The van der Waals surface area contributed by atoms with E-state index in [2.05, 4.69) is 48.5 Å². The molecule has 0 saturated heterocycles. The molecule has 0 saturated carbocycles. The monoisotopic (exact) mass is 359 g/mol. The summed E-state index contributed by atoms with van der Waals surface area (Å²) < 4.78 is 0. The van der Waals surface area contributed by atoms with Gasteiger partial charge in [0.15, 0.2) is 0 Å². The van der Waals surface area contributed by atoms with E-state index in [0.717, 1.165) is 21.8 Å². The molecule has 1 amide bonds. The first kappa shape index (κ1) is 19.7. The van der Waals surface area contributed by atoms with E-state index in [1.165, 1.54) is 11.8 Å². The number of aromatic nitrogens is 2. The molecule has 0 N–H and O–H groups in total. The van der Waals surface area contributed by atoms with Gasteiger partial charge in [-0.2, -0.15) is 0 Å². The largest absolute Gasteiger partial charge is 0.337 e. The zero-order valence-corrected chi connectivity index (χ0v) is 17.1. The van der Waals surface area contributed by atoms with Crippen LogP contribution in [0.3, 0.4) is 0 Å². The smallest absolute Gasteiger partial charge is 0.233 e. The second-order valence-electron chi connectivity index (χ2n) is 7.90. The van der Waals surface area contributed by atoms with Crippen molar-refractivity contribution in [1.29, 1.82) is 0 Å². The van der Waals surface area contributed by atoms with E-state index in [1.54, 1.807) is 0 Å². The zero-order chi connectivity index (χ0) is 18.8. The van der Waals surface area contributed by atoms with Gasteiger partial charge in [-0.15, -0.1) is 0 Å². The van der Waals surface area contributed by atoms with Crippen molar-refractivity contribution in [3.05, 3.63) is 30.1 Å². The number of carbonyl (C=O) groups is 1. The standard InChI is InChI=1S/C20H29N3OS/c1-13(2)23(14(3)4)17(24)12-25-18-15-10-8-9-11-16(15)21-19(22-18)20(5,6)7/h8-11,13-14H,12H2,1-7H3. The molecule has 4 nitrogen and oxygen atoms in total. The van der Waals surface area contributed by atoms with Crippen molar-refractivity contribution in [2.45, 2.75) is 71.0 Å². The van der Waals surface area contributed by atoms with Crippen LogP contribution in [0.4, 0.5) is 0 Å². The predicted molar refractivity (Wildman–Crippen MR) is 106 cm³/mol. The Kier molecular flexibility index (Phi) is 6.09. The molecule has 2 rings (SSSR count). The number of carbonyl (C=O) groups excluding carboxylic acids is 1. The Bertz CT molecular complexity index is 742. The SMILES string of the molecule is CC(C)N(C(=O)CSc1nc(C(C)(C)C)nc2ccccc12)C(C)C. The lowest BCUT2D eigenvalue weighted by atomic mass is 9.95. The minimum atomic E-state index is -0.134. The van der Waals surface area contributed by atoms with Crippen molar-refractivity contribution in [1.82, 2.24) is 14.9 Å². The van der Waals surface area contributed by atoms with Crippen molar-refractivity contribution < 1.29 is 4.79 Å². The molecule has 0 fully saturated rings. The Morgan fingerprint density at radius 2 is 1.68 bits per heavy atom. The molecular weight excluding hydrogens is 330 g/mol. The molecule has 0 radical (unpaired) electrons. The molecule has 0 spiro atoms. The molecule has 1 aromatic carbocycles. The normalized spacial score (nSPS) is 12.2. The van der Waals surface area contributed by atoms with Gasteiger partial charge < -0.3 is 4.90 Å². The van der Waals surface area contributed by atoms with E-state index in [4.69, 9.17) is 9.97 Å². The Balaban J connectivity index is 2.32. The molecule has 0 aliphatic rings. The fraction of sp³-hybridized carbons (Fsp3) is 0.550. The molecule has 1 heterocycles. The van der Waals surface area contributed by atoms with Crippen molar-refractivity contribution in [2.24, 2.45) is 0 Å². The maximum Gasteiger partial charge on any atom is 0.233 e. The van der Waals surface area contributed by atoms with Gasteiger partial charge in [0.1, 0.15) is 10.9 Å². The van der Waals surface area contributed by atoms with E-state index in [0.29, 0.717) is 5.75 Å². The first-order valence-corrected chi connectivity index (χ1v) is 9.81. The highest BCUT2D eigenvalue weighted by Gasteiger charge is 2.23. The van der Waals surface area contributed by atoms with E-state index in [1.807, 2.05) is 29.2 Å². The highest BCUT2D eigenvalue weighted by molar-refractivity contribution is 8.00. The van der Waals surface area contributed by atoms with Crippen LogP contribution in [-0.4, -0.2) is 38.6 Å². The molecule has 0 atom stereocenters. The maximum atomic E-state index is 12.7. The summed E-state index contributed by atoms with van der Waals surface area (Å²) in [5, 5.41) is 1.89. The van der Waals surface area contributed by atoms with Crippen LogP contribution in [0.1, 0.15) is 54.3 Å². The summed E-state index contributed by atoms with van der Waals surface area (Å²) in [7, 11) is 0. The van der Waals surface area contributed by atoms with Crippen LogP contribution in [0.2, 0.25) is 0 Å². The number of nitrogens with zero attached hydrogens (tertiary/aromatic N) is 3. The number of para-hydroxylation sites is 1. The van der Waals surface area contributed by atoms with Crippen LogP contribution >= 0.6 is 11.8 Å². The summed E-state index contributed by atoms with van der Waals surface area (Å²) in [4.78, 5) is 24.1. The third kappa shape index (κ3) is 4.72. The average Bonchev–Trinajstić information content (AvgIpc) is 2.50. The quantitative estimate of drug-likeness (QED) is 0.575. The highest BCUT2D eigenvalue weighted by Crippen LogP contribution is 2.29. The molecule has 2 aromatic rings. The molecule has 0 unspecified atom stereocenters. The molecule has 0 aliphatic heterocycles. The number of benzene rings is 1. The van der Waals surface area contributed by atoms with Crippen molar-refractivity contribution in [2.75, 3.05) is 5.75 Å². The third-order valence-electron chi connectivity index (χ3n) is 3.97. The molecule has 1 aromatic heterocycles. The summed E-state index contributed by atoms with van der Waals surface area (Å²) in [6.07, 6.45) is 0. The van der Waals surface area contributed by atoms with Crippen LogP contribution in [0.5, 0.6) is 0 Å².